The van der Waals surface area contributed by atoms with Crippen molar-refractivity contribution < 1.29 is 9.59 Å². The fraction of sp³-hybridized carbons (Fsp3) is 0.214. The SMILES string of the molecule is CC(=O)Nc1ccccc1-c1nc2ccccc2n(C(C)C(=O)Nc2c(C)cc(C)cc2C)c1=O. The van der Waals surface area contributed by atoms with E-state index in [1.807, 2.05) is 45.0 Å². The number of aryl methyl sites for hydroxylation is 3. The number of hydrogen-bond donors (Lipinski definition) is 2. The van der Waals surface area contributed by atoms with E-state index in [1.54, 1.807) is 43.3 Å². The van der Waals surface area contributed by atoms with Gasteiger partial charge in [-0.15, -0.1) is 0 Å². The van der Waals surface area contributed by atoms with E-state index in [2.05, 4.69) is 15.6 Å². The predicted molar refractivity (Wildman–Crippen MR) is 140 cm³/mol. The average Bonchev–Trinajstić information content (AvgIpc) is 2.80. The van der Waals surface area contributed by atoms with Crippen LogP contribution in [0.5, 0.6) is 0 Å². The number of nitrogens with zero attached hydrogens (tertiary/aromatic N) is 2. The highest BCUT2D eigenvalue weighted by Gasteiger charge is 2.24. The molecule has 2 N–H and O–H groups in total. The number of carbonyl (C=O) groups is 2. The van der Waals surface area contributed by atoms with E-state index >= 15 is 0 Å². The first kappa shape index (κ1) is 23.9. The van der Waals surface area contributed by atoms with Crippen LogP contribution in [0.2, 0.25) is 0 Å². The van der Waals surface area contributed by atoms with E-state index in [1.165, 1.54) is 11.5 Å². The van der Waals surface area contributed by atoms with Crippen molar-refractivity contribution in [1.82, 2.24) is 9.55 Å². The number of aromatic nitrogens is 2. The Bertz CT molecular complexity index is 1500. The molecule has 1 aromatic heterocycles. The van der Waals surface area contributed by atoms with Crippen LogP contribution in [0.4, 0.5) is 11.4 Å². The average molecular weight is 469 g/mol. The van der Waals surface area contributed by atoms with E-state index in [-0.39, 0.29) is 17.5 Å². The third-order valence-corrected chi connectivity index (χ3v) is 5.98. The Labute approximate surface area is 203 Å². The normalized spacial score (nSPS) is 11.8. The van der Waals surface area contributed by atoms with Crippen LogP contribution in [0.25, 0.3) is 22.3 Å². The van der Waals surface area contributed by atoms with Crippen LogP contribution in [-0.2, 0) is 9.59 Å². The molecular formula is C28H28N4O3. The zero-order chi connectivity index (χ0) is 25.3. The van der Waals surface area contributed by atoms with Gasteiger partial charge in [0.15, 0.2) is 0 Å². The molecule has 178 valence electrons. The first-order chi connectivity index (χ1) is 16.7. The van der Waals surface area contributed by atoms with Crippen LogP contribution in [0.3, 0.4) is 0 Å². The number of hydrogen-bond acceptors (Lipinski definition) is 4. The summed E-state index contributed by atoms with van der Waals surface area (Å²) in [6.07, 6.45) is 0. The van der Waals surface area contributed by atoms with Crippen LogP contribution < -0.4 is 16.2 Å². The Morgan fingerprint density at radius 1 is 0.914 bits per heavy atom. The highest BCUT2D eigenvalue weighted by Crippen LogP contribution is 2.28. The topological polar surface area (TPSA) is 93.1 Å². The van der Waals surface area contributed by atoms with Gasteiger partial charge in [-0.2, -0.15) is 0 Å². The van der Waals surface area contributed by atoms with E-state index in [9.17, 15) is 14.4 Å². The molecule has 4 rings (SSSR count). The van der Waals surface area contributed by atoms with Crippen molar-refractivity contribution in [2.45, 2.75) is 40.7 Å². The molecule has 7 nitrogen and oxygen atoms in total. The van der Waals surface area contributed by atoms with Gasteiger partial charge in [0, 0.05) is 18.2 Å². The van der Waals surface area contributed by atoms with Crippen molar-refractivity contribution in [1.29, 1.82) is 0 Å². The number of carbonyl (C=O) groups excluding carboxylic acids is 2. The fourth-order valence-corrected chi connectivity index (χ4v) is 4.42. The van der Waals surface area contributed by atoms with Crippen molar-refractivity contribution in [3.05, 3.63) is 87.7 Å². The Hall–Kier alpha value is -4.26. The third-order valence-electron chi connectivity index (χ3n) is 5.98. The number of rotatable bonds is 5. The summed E-state index contributed by atoms with van der Waals surface area (Å²) in [5, 5.41) is 5.78. The number of nitrogens with one attached hydrogen (secondary N) is 2. The molecule has 0 spiro atoms. The molecule has 1 unspecified atom stereocenters. The molecule has 0 fully saturated rings. The number of fused-ring (bicyclic) bond motifs is 1. The molecule has 1 heterocycles. The van der Waals surface area contributed by atoms with Gasteiger partial charge in [0.25, 0.3) is 5.56 Å². The molecule has 0 saturated carbocycles. The van der Waals surface area contributed by atoms with E-state index in [0.717, 1.165) is 22.4 Å². The monoisotopic (exact) mass is 468 g/mol. The molecule has 2 amide bonds. The molecule has 0 bridgehead atoms. The van der Waals surface area contributed by atoms with Gasteiger partial charge in [-0.1, -0.05) is 48.0 Å². The summed E-state index contributed by atoms with van der Waals surface area (Å²) in [5.41, 5.74) is 5.62. The van der Waals surface area contributed by atoms with Gasteiger partial charge in [0.1, 0.15) is 11.7 Å². The summed E-state index contributed by atoms with van der Waals surface area (Å²) in [5.74, 6) is -0.560. The maximum absolute atomic E-state index is 13.8. The Kier molecular flexibility index (Phi) is 6.51. The lowest BCUT2D eigenvalue weighted by Crippen LogP contribution is -2.33. The fourth-order valence-electron chi connectivity index (χ4n) is 4.42. The quantitative estimate of drug-likeness (QED) is 0.424. The molecule has 35 heavy (non-hydrogen) atoms. The van der Waals surface area contributed by atoms with Gasteiger partial charge in [-0.25, -0.2) is 4.98 Å². The molecule has 0 aliphatic heterocycles. The molecule has 0 aliphatic carbocycles. The van der Waals surface area contributed by atoms with Crippen LogP contribution in [-0.4, -0.2) is 21.4 Å². The first-order valence-electron chi connectivity index (χ1n) is 11.4. The summed E-state index contributed by atoms with van der Waals surface area (Å²) in [7, 11) is 0. The van der Waals surface area contributed by atoms with Crippen LogP contribution in [0.1, 0.15) is 36.6 Å². The Balaban J connectivity index is 1.86. The number of para-hydroxylation sites is 3. The lowest BCUT2D eigenvalue weighted by molar-refractivity contribution is -0.118. The molecule has 7 heteroatoms. The smallest absolute Gasteiger partial charge is 0.278 e. The van der Waals surface area contributed by atoms with Gasteiger partial charge in [-0.05, 0) is 57.0 Å². The van der Waals surface area contributed by atoms with Crippen molar-refractivity contribution >= 4 is 34.2 Å². The maximum Gasteiger partial charge on any atom is 0.278 e. The van der Waals surface area contributed by atoms with Crippen molar-refractivity contribution in [2.24, 2.45) is 0 Å². The van der Waals surface area contributed by atoms with Crippen molar-refractivity contribution in [3.63, 3.8) is 0 Å². The summed E-state index contributed by atoms with van der Waals surface area (Å²) < 4.78 is 1.47. The summed E-state index contributed by atoms with van der Waals surface area (Å²) in [4.78, 5) is 43.6. The summed E-state index contributed by atoms with van der Waals surface area (Å²) in [6.45, 7) is 9.02. The molecule has 0 aliphatic rings. The lowest BCUT2D eigenvalue weighted by atomic mass is 10.0. The minimum Gasteiger partial charge on any atom is -0.326 e. The predicted octanol–water partition coefficient (Wildman–Crippen LogP) is 5.15. The molecule has 1 atom stereocenters. The second kappa shape index (κ2) is 9.54. The minimum absolute atomic E-state index is 0.162. The summed E-state index contributed by atoms with van der Waals surface area (Å²) in [6, 6.07) is 17.4. The van der Waals surface area contributed by atoms with Crippen LogP contribution in [0, 0.1) is 20.8 Å². The van der Waals surface area contributed by atoms with Gasteiger partial charge in [0.2, 0.25) is 11.8 Å². The van der Waals surface area contributed by atoms with Crippen molar-refractivity contribution in [3.8, 4) is 11.3 Å². The summed E-state index contributed by atoms with van der Waals surface area (Å²) >= 11 is 0. The Morgan fingerprint density at radius 3 is 2.23 bits per heavy atom. The maximum atomic E-state index is 13.8. The highest BCUT2D eigenvalue weighted by atomic mass is 16.2. The van der Waals surface area contributed by atoms with Crippen LogP contribution >= 0.6 is 0 Å². The zero-order valence-electron chi connectivity index (χ0n) is 20.5. The molecule has 0 saturated heterocycles. The van der Waals surface area contributed by atoms with Crippen LogP contribution in [0.15, 0.2) is 65.5 Å². The zero-order valence-corrected chi connectivity index (χ0v) is 20.5. The van der Waals surface area contributed by atoms with Gasteiger partial charge >= 0.3 is 0 Å². The first-order valence-corrected chi connectivity index (χ1v) is 11.4. The van der Waals surface area contributed by atoms with Gasteiger partial charge < -0.3 is 10.6 Å². The molecule has 4 aromatic rings. The highest BCUT2D eigenvalue weighted by molar-refractivity contribution is 5.97. The van der Waals surface area contributed by atoms with Gasteiger partial charge in [0.05, 0.1) is 16.7 Å². The molecule has 0 radical (unpaired) electrons. The lowest BCUT2D eigenvalue weighted by Gasteiger charge is -2.21. The van der Waals surface area contributed by atoms with E-state index < -0.39 is 11.6 Å². The van der Waals surface area contributed by atoms with E-state index in [0.29, 0.717) is 22.3 Å². The Morgan fingerprint density at radius 2 is 1.54 bits per heavy atom. The number of benzene rings is 3. The second-order valence-electron chi connectivity index (χ2n) is 8.79. The van der Waals surface area contributed by atoms with E-state index in [4.69, 9.17) is 0 Å². The standard InChI is InChI=1S/C28H28N4O3/c1-16-14-17(2)25(18(3)15-16)31-27(34)19(4)32-24-13-9-8-12-23(24)30-26(28(32)35)21-10-6-7-11-22(21)29-20(5)33/h6-15,19H,1-5H3,(H,29,33)(H,31,34). The molecular weight excluding hydrogens is 440 g/mol. The van der Waals surface area contributed by atoms with Crippen molar-refractivity contribution in [2.75, 3.05) is 10.6 Å². The molecule has 3 aromatic carbocycles. The van der Waals surface area contributed by atoms with Gasteiger partial charge in [-0.3, -0.25) is 19.0 Å². The largest absolute Gasteiger partial charge is 0.326 e. The minimum atomic E-state index is -0.817. The number of amides is 2. The number of anilines is 2. The third kappa shape index (κ3) is 4.71. The second-order valence-corrected chi connectivity index (χ2v) is 8.79.